The molecule has 1 aromatic heterocycles. The van der Waals surface area contributed by atoms with Crippen LogP contribution in [0.5, 0.6) is 0 Å². The second kappa shape index (κ2) is 6.80. The normalized spacial score (nSPS) is 27.1. The quantitative estimate of drug-likeness (QED) is 0.591. The molecule has 4 aliphatic carbocycles. The summed E-state index contributed by atoms with van der Waals surface area (Å²) < 4.78 is 2.51. The van der Waals surface area contributed by atoms with Crippen LogP contribution < -0.4 is 0 Å². The van der Waals surface area contributed by atoms with Crippen molar-refractivity contribution < 1.29 is 10.2 Å². The lowest BCUT2D eigenvalue weighted by molar-refractivity contribution is -0.0877. The van der Waals surface area contributed by atoms with E-state index in [1.165, 1.54) is 43.4 Å². The molecule has 0 saturated heterocycles. The number of nitrogens with zero attached hydrogens (tertiary/aromatic N) is 2. The van der Waals surface area contributed by atoms with Gasteiger partial charge in [0.15, 0.2) is 0 Å². The van der Waals surface area contributed by atoms with Gasteiger partial charge in [-0.15, -0.1) is 0 Å². The number of benzene rings is 1. The Hall–Kier alpha value is -1.39. The van der Waals surface area contributed by atoms with Gasteiger partial charge in [0.1, 0.15) is 5.82 Å². The highest BCUT2D eigenvalue weighted by molar-refractivity contribution is 5.78. The molecule has 1 unspecified atom stereocenters. The average molecular weight is 411 g/mol. The molecular formula is C26H38N2O2. The summed E-state index contributed by atoms with van der Waals surface area (Å²) in [4.78, 5) is 5.02. The third-order valence-corrected chi connectivity index (χ3v) is 8.29. The van der Waals surface area contributed by atoms with Crippen molar-refractivity contribution in [3.8, 4) is 0 Å². The number of imidazole rings is 1. The average Bonchev–Trinajstić information content (AvgIpc) is 3.36. The van der Waals surface area contributed by atoms with E-state index in [2.05, 4.69) is 30.5 Å². The Morgan fingerprint density at radius 1 is 1.17 bits per heavy atom. The number of rotatable bonds is 9. The van der Waals surface area contributed by atoms with E-state index in [4.69, 9.17) is 4.98 Å². The van der Waals surface area contributed by atoms with Gasteiger partial charge in [0.2, 0.25) is 0 Å². The largest absolute Gasteiger partial charge is 0.393 e. The first-order valence-electron chi connectivity index (χ1n) is 12.0. The van der Waals surface area contributed by atoms with Crippen molar-refractivity contribution in [3.05, 3.63) is 29.6 Å². The zero-order valence-corrected chi connectivity index (χ0v) is 19.1. The fourth-order valence-electron chi connectivity index (χ4n) is 6.15. The van der Waals surface area contributed by atoms with Gasteiger partial charge in [0, 0.05) is 12.0 Å². The number of aryl methyl sites for hydroxylation is 1. The molecule has 2 bridgehead atoms. The molecule has 0 amide bonds. The van der Waals surface area contributed by atoms with Crippen molar-refractivity contribution in [3.63, 3.8) is 0 Å². The van der Waals surface area contributed by atoms with Crippen molar-refractivity contribution in [2.45, 2.75) is 103 Å². The van der Waals surface area contributed by atoms with Crippen molar-refractivity contribution in [1.29, 1.82) is 0 Å². The maximum Gasteiger partial charge on any atom is 0.110 e. The number of aromatic nitrogens is 2. The first-order chi connectivity index (χ1) is 14.1. The van der Waals surface area contributed by atoms with Crippen LogP contribution in [-0.4, -0.2) is 25.9 Å². The number of fused-ring (bicyclic) bond motifs is 1. The zero-order chi connectivity index (χ0) is 21.3. The van der Waals surface area contributed by atoms with E-state index in [0.717, 1.165) is 48.6 Å². The van der Waals surface area contributed by atoms with E-state index in [1.54, 1.807) is 0 Å². The van der Waals surface area contributed by atoms with Gasteiger partial charge < -0.3 is 14.8 Å². The van der Waals surface area contributed by atoms with E-state index in [9.17, 15) is 10.2 Å². The third kappa shape index (κ3) is 3.50. The predicted octanol–water partition coefficient (Wildman–Crippen LogP) is 5.28. The van der Waals surface area contributed by atoms with Crippen molar-refractivity contribution in [2.24, 2.45) is 17.3 Å². The van der Waals surface area contributed by atoms with Crippen LogP contribution in [0, 0.1) is 17.3 Å². The lowest BCUT2D eigenvalue weighted by atomic mass is 9.49. The standard InChI is InChI=1S/C26H38N2O2/c1-24(2,18-8-9-18)16-20(29)6-5-7-23-27-21-11-10-19(25(3,4)30)12-22(21)28(23)26-13-17(14-26)15-26/h10-12,17-18,20,29-30H,5-9,13-16H2,1-4H3. The van der Waals surface area contributed by atoms with E-state index in [0.29, 0.717) is 0 Å². The minimum atomic E-state index is -0.846. The van der Waals surface area contributed by atoms with Crippen LogP contribution in [0.2, 0.25) is 0 Å². The number of aliphatic hydroxyl groups excluding tert-OH is 1. The molecular weight excluding hydrogens is 372 g/mol. The fraction of sp³-hybridized carbons (Fsp3) is 0.731. The van der Waals surface area contributed by atoms with E-state index < -0.39 is 5.60 Å². The summed E-state index contributed by atoms with van der Waals surface area (Å²) in [5.74, 6) is 2.88. The van der Waals surface area contributed by atoms with Crippen LogP contribution in [-0.2, 0) is 17.6 Å². The Kier molecular flexibility index (Phi) is 4.65. The van der Waals surface area contributed by atoms with Gasteiger partial charge >= 0.3 is 0 Å². The Labute approximate surface area is 180 Å². The summed E-state index contributed by atoms with van der Waals surface area (Å²) in [7, 11) is 0. The van der Waals surface area contributed by atoms with Crippen LogP contribution in [0.1, 0.15) is 90.4 Å². The summed E-state index contributed by atoms with van der Waals surface area (Å²) in [6.45, 7) is 8.33. The van der Waals surface area contributed by atoms with Gasteiger partial charge in [-0.2, -0.15) is 0 Å². The molecule has 0 spiro atoms. The highest BCUT2D eigenvalue weighted by atomic mass is 16.3. The fourth-order valence-corrected chi connectivity index (χ4v) is 6.15. The van der Waals surface area contributed by atoms with E-state index in [-0.39, 0.29) is 17.1 Å². The Balaban J connectivity index is 1.34. The highest BCUT2D eigenvalue weighted by Crippen LogP contribution is 2.63. The van der Waals surface area contributed by atoms with Crippen LogP contribution >= 0.6 is 0 Å². The third-order valence-electron chi connectivity index (χ3n) is 8.29. The first kappa shape index (κ1) is 20.5. The summed E-state index contributed by atoms with van der Waals surface area (Å²) >= 11 is 0. The Morgan fingerprint density at radius 2 is 1.87 bits per heavy atom. The lowest BCUT2D eigenvalue weighted by Gasteiger charge is -2.63. The molecule has 4 nitrogen and oxygen atoms in total. The van der Waals surface area contributed by atoms with Gasteiger partial charge in [0.05, 0.1) is 22.7 Å². The molecule has 0 radical (unpaired) electrons. The monoisotopic (exact) mass is 410 g/mol. The molecule has 4 fully saturated rings. The first-order valence-corrected chi connectivity index (χ1v) is 12.0. The lowest BCUT2D eigenvalue weighted by Crippen LogP contribution is -2.59. The number of hydrogen-bond acceptors (Lipinski definition) is 3. The highest BCUT2D eigenvalue weighted by Gasteiger charge is 2.59. The summed E-state index contributed by atoms with van der Waals surface area (Å²) in [5.41, 5.74) is 2.86. The summed E-state index contributed by atoms with van der Waals surface area (Å²) in [6, 6.07) is 6.23. The van der Waals surface area contributed by atoms with Gasteiger partial charge in [-0.05, 0) is 100 Å². The molecule has 1 aromatic carbocycles. The van der Waals surface area contributed by atoms with E-state index >= 15 is 0 Å². The summed E-state index contributed by atoms with van der Waals surface area (Å²) in [5, 5.41) is 21.2. The molecule has 30 heavy (non-hydrogen) atoms. The number of hydrogen-bond donors (Lipinski definition) is 2. The molecule has 1 atom stereocenters. The van der Waals surface area contributed by atoms with Gasteiger partial charge in [0.25, 0.3) is 0 Å². The van der Waals surface area contributed by atoms with Crippen molar-refractivity contribution >= 4 is 11.0 Å². The minimum absolute atomic E-state index is 0.213. The van der Waals surface area contributed by atoms with Crippen LogP contribution in [0.4, 0.5) is 0 Å². The summed E-state index contributed by atoms with van der Waals surface area (Å²) in [6.07, 6.45) is 9.93. The maximum atomic E-state index is 10.6. The second-order valence-electron chi connectivity index (χ2n) is 11.8. The molecule has 6 rings (SSSR count). The number of aliphatic hydroxyl groups is 2. The van der Waals surface area contributed by atoms with Crippen LogP contribution in [0.25, 0.3) is 11.0 Å². The smallest absolute Gasteiger partial charge is 0.110 e. The van der Waals surface area contributed by atoms with Gasteiger partial charge in [-0.25, -0.2) is 4.98 Å². The molecule has 2 aromatic rings. The topological polar surface area (TPSA) is 58.3 Å². The van der Waals surface area contributed by atoms with E-state index in [1.807, 2.05) is 19.9 Å². The SMILES string of the molecule is CC(C)(O)c1ccc2nc(CCCC(O)CC(C)(C)C3CC3)n(C34CC(C3)C4)c2c1. The molecule has 164 valence electrons. The molecule has 4 aliphatic rings. The molecule has 2 N–H and O–H groups in total. The molecule has 0 aliphatic heterocycles. The Morgan fingerprint density at radius 3 is 2.43 bits per heavy atom. The van der Waals surface area contributed by atoms with Crippen molar-refractivity contribution in [2.75, 3.05) is 0 Å². The van der Waals surface area contributed by atoms with Gasteiger partial charge in [-0.1, -0.05) is 19.9 Å². The molecule has 1 heterocycles. The second-order valence-corrected chi connectivity index (χ2v) is 11.8. The Bertz CT molecular complexity index is 931. The predicted molar refractivity (Wildman–Crippen MR) is 120 cm³/mol. The molecule has 4 heteroatoms. The molecule has 4 saturated carbocycles. The van der Waals surface area contributed by atoms with Crippen LogP contribution in [0.3, 0.4) is 0 Å². The van der Waals surface area contributed by atoms with Gasteiger partial charge in [-0.3, -0.25) is 0 Å². The zero-order valence-electron chi connectivity index (χ0n) is 19.1. The van der Waals surface area contributed by atoms with Crippen LogP contribution in [0.15, 0.2) is 18.2 Å². The minimum Gasteiger partial charge on any atom is -0.393 e. The maximum absolute atomic E-state index is 10.6. The van der Waals surface area contributed by atoms with Crippen molar-refractivity contribution in [1.82, 2.24) is 9.55 Å².